The Kier molecular flexibility index (Phi) is 7.47. The summed E-state index contributed by atoms with van der Waals surface area (Å²) in [7, 11) is 1.25. The van der Waals surface area contributed by atoms with Crippen LogP contribution >= 0.6 is 0 Å². The summed E-state index contributed by atoms with van der Waals surface area (Å²) in [6, 6.07) is 20.0. The van der Waals surface area contributed by atoms with E-state index in [0.29, 0.717) is 11.1 Å². The van der Waals surface area contributed by atoms with E-state index in [1.807, 2.05) is 0 Å². The summed E-state index contributed by atoms with van der Waals surface area (Å²) in [6.45, 7) is 0. The maximum atomic E-state index is 14.6. The van der Waals surface area contributed by atoms with Crippen LogP contribution in [0, 0.1) is 0 Å². The van der Waals surface area contributed by atoms with E-state index in [9.17, 15) is 50.4 Å². The molecule has 4 atom stereocenters. The van der Waals surface area contributed by atoms with E-state index >= 15 is 0 Å². The molecule has 6 aromatic rings. The molecule has 0 radical (unpaired) electrons. The highest BCUT2D eigenvalue weighted by Gasteiger charge is 2.67. The van der Waals surface area contributed by atoms with E-state index in [4.69, 9.17) is 23.7 Å². The number of hydrogen-bond donors (Lipinski definition) is 8. The molecule has 0 aromatic heterocycles. The van der Waals surface area contributed by atoms with Gasteiger partial charge in [0.1, 0.15) is 69.7 Å². The third kappa shape index (κ3) is 4.70. The molecule has 0 saturated heterocycles. The Balaban J connectivity index is 1.23. The molecular weight excluding hydrogens is 780 g/mol. The number of aromatic hydroxyl groups is 8. The van der Waals surface area contributed by atoms with E-state index in [0.717, 1.165) is 12.1 Å². The third-order valence-electron chi connectivity index (χ3n) is 11.4. The Hall–Kier alpha value is -8.20. The van der Waals surface area contributed by atoms with Crippen molar-refractivity contribution in [3.05, 3.63) is 136 Å². The van der Waals surface area contributed by atoms with Crippen molar-refractivity contribution in [1.82, 2.24) is 0 Å². The smallest absolute Gasteiger partial charge is 0.331 e. The Bertz CT molecular complexity index is 2900. The molecule has 2 spiro atoms. The van der Waals surface area contributed by atoms with E-state index in [2.05, 4.69) is 0 Å². The highest BCUT2D eigenvalue weighted by molar-refractivity contribution is 6.03. The second-order valence-electron chi connectivity index (χ2n) is 14.7. The van der Waals surface area contributed by atoms with Crippen LogP contribution < -0.4 is 23.7 Å². The fourth-order valence-electron chi connectivity index (χ4n) is 9.18. The number of carbonyl (C=O) groups excluding carboxylic acids is 2. The number of ether oxygens (including phenoxy) is 5. The van der Waals surface area contributed by atoms with Gasteiger partial charge in [-0.25, -0.2) is 0 Å². The van der Waals surface area contributed by atoms with Crippen LogP contribution in [0.3, 0.4) is 0 Å². The Morgan fingerprint density at radius 3 is 1.47 bits per heavy atom. The number of rotatable bonds is 5. The molecule has 6 aromatic carbocycles. The normalized spacial score (nSPS) is 21.6. The van der Waals surface area contributed by atoms with Gasteiger partial charge in [0.2, 0.25) is 5.75 Å². The molecule has 300 valence electrons. The van der Waals surface area contributed by atoms with Crippen molar-refractivity contribution in [2.45, 2.75) is 23.0 Å². The molecule has 0 amide bonds. The summed E-state index contributed by atoms with van der Waals surface area (Å²) in [5.74, 6) is -5.17. The molecule has 0 bridgehead atoms. The molecule has 4 heterocycles. The van der Waals surface area contributed by atoms with Crippen molar-refractivity contribution >= 4 is 24.1 Å². The first-order valence-electron chi connectivity index (χ1n) is 18.3. The number of hydrogen-bond acceptors (Lipinski definition) is 15. The second-order valence-corrected chi connectivity index (χ2v) is 14.7. The molecule has 15 nitrogen and oxygen atoms in total. The summed E-state index contributed by atoms with van der Waals surface area (Å²) >= 11 is 0. The monoisotopic (exact) mass is 810 g/mol. The zero-order valence-electron chi connectivity index (χ0n) is 30.9. The van der Waals surface area contributed by atoms with Gasteiger partial charge in [-0.05, 0) is 58.7 Å². The van der Waals surface area contributed by atoms with Gasteiger partial charge >= 0.3 is 11.9 Å². The van der Waals surface area contributed by atoms with Crippen LogP contribution in [0.5, 0.6) is 74.7 Å². The average Bonchev–Trinajstić information content (AvgIpc) is 3.90. The van der Waals surface area contributed by atoms with E-state index < -0.39 is 52.2 Å². The maximum absolute atomic E-state index is 14.6. The van der Waals surface area contributed by atoms with Crippen LogP contribution in [0.4, 0.5) is 0 Å². The number of benzene rings is 6. The van der Waals surface area contributed by atoms with Gasteiger partial charge in [-0.2, -0.15) is 0 Å². The fraction of sp³-hybridized carbons (Fsp3) is 0.111. The molecule has 0 saturated carbocycles. The Labute approximate surface area is 338 Å². The van der Waals surface area contributed by atoms with Gasteiger partial charge in [0, 0.05) is 41.5 Å². The van der Waals surface area contributed by atoms with Crippen molar-refractivity contribution in [2.75, 3.05) is 7.11 Å². The van der Waals surface area contributed by atoms with Crippen molar-refractivity contribution in [3.8, 4) is 74.7 Å². The van der Waals surface area contributed by atoms with Crippen LogP contribution in [0.25, 0.3) is 12.2 Å². The van der Waals surface area contributed by atoms with Gasteiger partial charge in [-0.3, -0.25) is 9.59 Å². The number of methoxy groups -OCH3 is 1. The molecule has 4 aliphatic heterocycles. The van der Waals surface area contributed by atoms with Gasteiger partial charge in [0.05, 0.1) is 18.2 Å². The summed E-state index contributed by atoms with van der Waals surface area (Å²) in [4.78, 5) is 29.1. The van der Waals surface area contributed by atoms with Gasteiger partial charge in [-0.15, -0.1) is 0 Å². The SMILES string of the molecule is COc1c(O)cc(/C=C\c2cc(O)cc3c2[C@]2(C(=O)O3)c3c(O)cc(O)cc3O[C@H]2c2ccc(O)cc2)c2c1OC(=O)[C@@]21c2c(O)cc(O)cc2O[C@@H]1c1ccc(O)cc1. The lowest BCUT2D eigenvalue weighted by Gasteiger charge is -2.29. The first-order valence-corrected chi connectivity index (χ1v) is 18.3. The van der Waals surface area contributed by atoms with E-state index in [1.54, 1.807) is 0 Å². The van der Waals surface area contributed by atoms with E-state index in [-0.39, 0.29) is 90.9 Å². The number of esters is 2. The van der Waals surface area contributed by atoms with Gasteiger partial charge < -0.3 is 64.5 Å². The lowest BCUT2D eigenvalue weighted by Crippen LogP contribution is -2.40. The van der Waals surface area contributed by atoms with Gasteiger partial charge in [-0.1, -0.05) is 36.4 Å². The summed E-state index contributed by atoms with van der Waals surface area (Å²) in [6.07, 6.45) is 0.367. The van der Waals surface area contributed by atoms with E-state index in [1.165, 1.54) is 98.1 Å². The number of carbonyl (C=O) groups is 2. The quantitative estimate of drug-likeness (QED) is 0.0550. The summed E-state index contributed by atoms with van der Waals surface area (Å²) in [5.41, 5.74) is -3.00. The lowest BCUT2D eigenvalue weighted by molar-refractivity contribution is -0.139. The fourth-order valence-corrected chi connectivity index (χ4v) is 9.18. The second kappa shape index (κ2) is 12.4. The van der Waals surface area contributed by atoms with Crippen LogP contribution in [0.15, 0.2) is 91.0 Å². The first kappa shape index (κ1) is 36.2. The zero-order chi connectivity index (χ0) is 42.0. The van der Waals surface area contributed by atoms with Gasteiger partial charge in [0.25, 0.3) is 0 Å². The molecule has 8 N–H and O–H groups in total. The molecule has 4 aliphatic rings. The third-order valence-corrected chi connectivity index (χ3v) is 11.4. The highest BCUT2D eigenvalue weighted by atomic mass is 16.6. The van der Waals surface area contributed by atoms with Crippen molar-refractivity contribution < 1.29 is 74.1 Å². The van der Waals surface area contributed by atoms with Crippen LogP contribution in [0.2, 0.25) is 0 Å². The predicted molar refractivity (Wildman–Crippen MR) is 207 cm³/mol. The molecule has 60 heavy (non-hydrogen) atoms. The number of fused-ring (bicyclic) bond motifs is 8. The van der Waals surface area contributed by atoms with Crippen molar-refractivity contribution in [1.29, 1.82) is 0 Å². The first-order chi connectivity index (χ1) is 28.8. The average molecular weight is 811 g/mol. The standard InChI is InChI=1S/C45H30O15/c1-56-38-30(53)13-22(35-39(38)60-43(55)45(35)37-29(52)15-27(50)18-33(37)58-41(45)20-6-10-24(47)11-7-20)3-2-21-12-25(48)16-31-34(21)44(42(54)59-31)36-28(51)14-26(49)17-32(36)57-40(44)19-4-8-23(46)9-5-19/h2-18,40-41,46-53H,1H3/b3-2-/t40-,41+,44-,45+/m0/s1. The minimum Gasteiger partial charge on any atom is -0.508 e. The minimum absolute atomic E-state index is 0.0418. The topological polar surface area (TPSA) is 242 Å². The number of phenols is 8. The molecule has 0 fully saturated rings. The van der Waals surface area contributed by atoms with Crippen LogP contribution in [-0.4, -0.2) is 59.9 Å². The lowest BCUT2D eigenvalue weighted by atomic mass is 9.68. The van der Waals surface area contributed by atoms with Crippen molar-refractivity contribution in [3.63, 3.8) is 0 Å². The highest BCUT2D eigenvalue weighted by Crippen LogP contribution is 2.67. The Morgan fingerprint density at radius 2 is 0.950 bits per heavy atom. The largest absolute Gasteiger partial charge is 0.508 e. The predicted octanol–water partition coefficient (Wildman–Crippen LogP) is 6.19. The zero-order valence-corrected chi connectivity index (χ0v) is 30.9. The molecule has 10 rings (SSSR count). The molecular formula is C45H30O15. The molecule has 0 aliphatic carbocycles. The van der Waals surface area contributed by atoms with Crippen LogP contribution in [-0.2, 0) is 20.4 Å². The summed E-state index contributed by atoms with van der Waals surface area (Å²) in [5, 5.41) is 86.5. The minimum atomic E-state index is -2.04. The molecule has 0 unspecified atom stereocenters. The molecule has 15 heteroatoms. The van der Waals surface area contributed by atoms with Crippen molar-refractivity contribution in [2.24, 2.45) is 0 Å². The summed E-state index contributed by atoms with van der Waals surface area (Å²) < 4.78 is 30.0. The van der Waals surface area contributed by atoms with Crippen LogP contribution in [0.1, 0.15) is 56.7 Å². The number of phenolic OH excluding ortho intramolecular Hbond substituents is 8. The van der Waals surface area contributed by atoms with Gasteiger partial charge in [0.15, 0.2) is 22.3 Å². The maximum Gasteiger partial charge on any atom is 0.331 e. The Morgan fingerprint density at radius 1 is 0.500 bits per heavy atom.